The van der Waals surface area contributed by atoms with Crippen LogP contribution in [0.25, 0.3) is 12.2 Å². The number of rotatable bonds is 6. The highest BCUT2D eigenvalue weighted by Crippen LogP contribution is 2.40. The molecule has 46 heavy (non-hydrogen) atoms. The van der Waals surface area contributed by atoms with Crippen molar-refractivity contribution < 1.29 is 19.1 Å². The predicted octanol–water partition coefficient (Wildman–Crippen LogP) is 7.88. The summed E-state index contributed by atoms with van der Waals surface area (Å²) in [4.78, 5) is 27.3. The number of ether oxygens (including phenoxy) is 2. The van der Waals surface area contributed by atoms with Gasteiger partial charge >= 0.3 is 11.9 Å². The molecule has 248 valence electrons. The zero-order valence-electron chi connectivity index (χ0n) is 29.1. The number of carbonyl (C=O) groups is 2. The molecule has 2 saturated heterocycles. The van der Waals surface area contributed by atoms with Crippen LogP contribution in [0.5, 0.6) is 0 Å². The molecule has 5 rings (SSSR count). The van der Waals surface area contributed by atoms with Crippen LogP contribution in [0.15, 0.2) is 71.8 Å². The molecule has 3 aliphatic rings. The second-order valence-corrected chi connectivity index (χ2v) is 16.1. The monoisotopic (exact) mass is 626 g/mol. The van der Waals surface area contributed by atoms with Crippen LogP contribution < -0.4 is 10.6 Å². The van der Waals surface area contributed by atoms with Gasteiger partial charge in [0.15, 0.2) is 0 Å². The molecule has 0 radical (unpaired) electrons. The van der Waals surface area contributed by atoms with Crippen molar-refractivity contribution in [3.8, 4) is 0 Å². The van der Waals surface area contributed by atoms with Gasteiger partial charge in [0.1, 0.15) is 12.2 Å². The van der Waals surface area contributed by atoms with Crippen molar-refractivity contribution in [2.24, 2.45) is 11.8 Å². The number of esters is 2. The summed E-state index contributed by atoms with van der Waals surface area (Å²) in [6.45, 7) is 17.3. The van der Waals surface area contributed by atoms with Crippen molar-refractivity contribution in [3.05, 3.63) is 82.9 Å². The molecule has 0 spiro atoms. The molecule has 1 aliphatic carbocycles. The fourth-order valence-electron chi connectivity index (χ4n) is 8.14. The first-order valence-electron chi connectivity index (χ1n) is 17.1. The van der Waals surface area contributed by atoms with E-state index in [0.717, 1.165) is 22.3 Å². The van der Waals surface area contributed by atoms with E-state index in [0.29, 0.717) is 38.5 Å². The van der Waals surface area contributed by atoms with Gasteiger partial charge < -0.3 is 20.1 Å². The summed E-state index contributed by atoms with van der Waals surface area (Å²) in [5, 5.41) is 7.49. The second-order valence-electron chi connectivity index (χ2n) is 16.1. The van der Waals surface area contributed by atoms with Crippen LogP contribution in [0, 0.1) is 11.8 Å². The van der Waals surface area contributed by atoms with E-state index in [9.17, 15) is 9.59 Å². The highest BCUT2D eigenvalue weighted by molar-refractivity contribution is 5.76. The number of nitrogens with one attached hydrogen (secondary N) is 2. The van der Waals surface area contributed by atoms with Gasteiger partial charge in [-0.2, -0.15) is 0 Å². The van der Waals surface area contributed by atoms with Crippen molar-refractivity contribution in [2.75, 3.05) is 0 Å². The molecule has 2 heterocycles. The quantitative estimate of drug-likeness (QED) is 0.318. The average Bonchev–Trinajstić information content (AvgIpc) is 2.96. The Hall–Kier alpha value is -3.22. The van der Waals surface area contributed by atoms with Gasteiger partial charge in [-0.25, -0.2) is 0 Å². The Bertz CT molecular complexity index is 1340. The van der Waals surface area contributed by atoms with E-state index in [1.807, 2.05) is 36.4 Å². The van der Waals surface area contributed by atoms with E-state index in [1.54, 1.807) is 0 Å². The van der Waals surface area contributed by atoms with Gasteiger partial charge in [0, 0.05) is 35.0 Å². The van der Waals surface area contributed by atoms with Crippen LogP contribution in [0.3, 0.4) is 0 Å². The molecule has 2 N–H and O–H groups in total. The smallest absolute Gasteiger partial charge is 0.309 e. The van der Waals surface area contributed by atoms with Crippen LogP contribution in [0.1, 0.15) is 105 Å². The standard InChI is InChI=1S/C40H54N2O4/c1-37(2)25-33(31(39(5,6)41-37)23-27-15-11-9-12-16-27)45-35(43)29-19-21-30(22-20-29)36(44)46-34-26-38(3,4)42-40(7,8)32(34)24-28-17-13-10-14-18-28/h9-18,23-24,29-30,33-34,41-42H,19-22,25-26H2,1-8H3/b31-23-,32-24-. The Labute approximate surface area is 276 Å². The molecular formula is C40H54N2O4. The lowest BCUT2D eigenvalue weighted by atomic mass is 9.75. The maximum atomic E-state index is 13.6. The van der Waals surface area contributed by atoms with E-state index in [1.165, 1.54) is 0 Å². The summed E-state index contributed by atoms with van der Waals surface area (Å²) in [7, 11) is 0. The van der Waals surface area contributed by atoms with Crippen molar-refractivity contribution in [1.82, 2.24) is 10.6 Å². The summed E-state index contributed by atoms with van der Waals surface area (Å²) in [5.41, 5.74) is 3.30. The Morgan fingerprint density at radius 1 is 0.587 bits per heavy atom. The minimum absolute atomic E-state index is 0.154. The lowest BCUT2D eigenvalue weighted by Crippen LogP contribution is -2.61. The van der Waals surface area contributed by atoms with Crippen molar-refractivity contribution in [2.45, 2.75) is 128 Å². The molecule has 3 fully saturated rings. The lowest BCUT2D eigenvalue weighted by Gasteiger charge is -2.48. The molecule has 2 aromatic carbocycles. The molecule has 2 atom stereocenters. The molecule has 2 aromatic rings. The van der Waals surface area contributed by atoms with Gasteiger partial charge in [0.05, 0.1) is 11.8 Å². The Kier molecular flexibility index (Phi) is 9.73. The van der Waals surface area contributed by atoms with Crippen molar-refractivity contribution in [1.29, 1.82) is 0 Å². The zero-order chi connectivity index (χ0) is 33.3. The van der Waals surface area contributed by atoms with E-state index in [4.69, 9.17) is 9.47 Å². The normalized spacial score (nSPS) is 30.0. The summed E-state index contributed by atoms with van der Waals surface area (Å²) in [5.74, 6) is -0.736. The highest BCUT2D eigenvalue weighted by atomic mass is 16.5. The van der Waals surface area contributed by atoms with Crippen LogP contribution in [-0.2, 0) is 19.1 Å². The lowest BCUT2D eigenvalue weighted by molar-refractivity contribution is -0.161. The van der Waals surface area contributed by atoms with Gasteiger partial charge in [-0.1, -0.05) is 72.8 Å². The summed E-state index contributed by atoms with van der Waals surface area (Å²) in [6, 6.07) is 20.4. The molecule has 0 amide bonds. The molecule has 6 heteroatoms. The van der Waals surface area contributed by atoms with Gasteiger partial charge in [0.2, 0.25) is 0 Å². The minimum atomic E-state index is -0.338. The molecule has 2 aliphatic heterocycles. The maximum absolute atomic E-state index is 13.6. The first-order chi connectivity index (χ1) is 21.5. The second kappa shape index (κ2) is 13.1. The predicted molar refractivity (Wildman–Crippen MR) is 186 cm³/mol. The van der Waals surface area contributed by atoms with Crippen molar-refractivity contribution >= 4 is 24.1 Å². The summed E-state index contributed by atoms with van der Waals surface area (Å²) < 4.78 is 12.7. The van der Waals surface area contributed by atoms with Gasteiger partial charge in [0.25, 0.3) is 0 Å². The third kappa shape index (κ3) is 8.19. The molecule has 0 bridgehead atoms. The maximum Gasteiger partial charge on any atom is 0.309 e. The Morgan fingerprint density at radius 2 is 0.913 bits per heavy atom. The van der Waals surface area contributed by atoms with Crippen LogP contribution in [-0.4, -0.2) is 46.3 Å². The first kappa shape index (κ1) is 34.1. The molecule has 1 saturated carbocycles. The zero-order valence-corrected chi connectivity index (χ0v) is 29.1. The molecular weight excluding hydrogens is 572 g/mol. The third-order valence-corrected chi connectivity index (χ3v) is 9.98. The van der Waals surface area contributed by atoms with Crippen molar-refractivity contribution in [3.63, 3.8) is 0 Å². The fourth-order valence-corrected chi connectivity index (χ4v) is 8.14. The van der Waals surface area contributed by atoms with Crippen LogP contribution in [0.2, 0.25) is 0 Å². The topological polar surface area (TPSA) is 76.7 Å². The van der Waals surface area contributed by atoms with E-state index >= 15 is 0 Å². The SMILES string of the molecule is CC1(C)CC(OC(=O)C2CCC(C(=O)OC3CC(C)(C)NC(C)(C)/C3=C\c3ccccc3)CC2)/C(=C/c2ccccc2)C(C)(C)N1. The van der Waals surface area contributed by atoms with E-state index in [-0.39, 0.29) is 58.1 Å². The Morgan fingerprint density at radius 3 is 1.24 bits per heavy atom. The number of hydrogen-bond acceptors (Lipinski definition) is 6. The number of carbonyl (C=O) groups excluding carboxylic acids is 2. The van der Waals surface area contributed by atoms with Crippen LogP contribution >= 0.6 is 0 Å². The van der Waals surface area contributed by atoms with Gasteiger partial charge in [-0.3, -0.25) is 9.59 Å². The Balaban J connectivity index is 1.24. The summed E-state index contributed by atoms with van der Waals surface area (Å²) in [6.07, 6.45) is 7.61. The highest BCUT2D eigenvalue weighted by Gasteiger charge is 2.46. The minimum Gasteiger partial charge on any atom is -0.457 e. The van der Waals surface area contributed by atoms with Gasteiger partial charge in [-0.05, 0) is 103 Å². The summed E-state index contributed by atoms with van der Waals surface area (Å²) >= 11 is 0. The van der Waals surface area contributed by atoms with Crippen LogP contribution in [0.4, 0.5) is 0 Å². The fraction of sp³-hybridized carbons (Fsp3) is 0.550. The molecule has 6 nitrogen and oxygen atoms in total. The first-order valence-corrected chi connectivity index (χ1v) is 17.1. The third-order valence-electron chi connectivity index (χ3n) is 9.98. The number of benzene rings is 2. The number of hydrogen-bond donors (Lipinski definition) is 2. The largest absolute Gasteiger partial charge is 0.457 e. The van der Waals surface area contributed by atoms with Gasteiger partial charge in [-0.15, -0.1) is 0 Å². The van der Waals surface area contributed by atoms with E-state index < -0.39 is 0 Å². The molecule has 0 aromatic heterocycles. The number of piperidine rings is 2. The van der Waals surface area contributed by atoms with E-state index in [2.05, 4.69) is 102 Å². The molecule has 2 unspecified atom stereocenters. The average molecular weight is 627 g/mol.